The second-order valence-corrected chi connectivity index (χ2v) is 11.0. The third-order valence-corrected chi connectivity index (χ3v) is 8.14. The molecule has 0 saturated carbocycles. The highest BCUT2D eigenvalue weighted by molar-refractivity contribution is 6.37. The molecular formula is C30H23Cl2F2N7O2. The van der Waals surface area contributed by atoms with Crippen LogP contribution in [-0.2, 0) is 11.3 Å². The molecular weight excluding hydrogens is 599 g/mol. The molecule has 2 amide bonds. The summed E-state index contributed by atoms with van der Waals surface area (Å²) < 4.78 is 29.7. The number of hydrogen-bond acceptors (Lipinski definition) is 7. The van der Waals surface area contributed by atoms with Gasteiger partial charge in [0.05, 0.1) is 51.4 Å². The number of nitrogens with two attached hydrogens (primary N) is 2. The predicted octanol–water partition coefficient (Wildman–Crippen LogP) is 5.35. The summed E-state index contributed by atoms with van der Waals surface area (Å²) in [5, 5.41) is 3.44. The van der Waals surface area contributed by atoms with E-state index in [1.165, 1.54) is 29.2 Å². The number of fused-ring (bicyclic) bond motifs is 3. The summed E-state index contributed by atoms with van der Waals surface area (Å²) in [6, 6.07) is 11.7. The fraction of sp³-hybridized carbons (Fsp3) is 0.167. The van der Waals surface area contributed by atoms with Gasteiger partial charge in [0.2, 0.25) is 11.9 Å². The van der Waals surface area contributed by atoms with Crippen LogP contribution in [0.1, 0.15) is 33.5 Å². The van der Waals surface area contributed by atoms with Crippen LogP contribution < -0.4 is 16.8 Å². The number of carbonyl (C=O) groups excluding carboxylic acids is 2. The van der Waals surface area contributed by atoms with Gasteiger partial charge < -0.3 is 21.7 Å². The molecule has 4 aromatic rings. The van der Waals surface area contributed by atoms with Crippen molar-refractivity contribution >= 4 is 58.1 Å². The first kappa shape index (κ1) is 28.5. The Balaban J connectivity index is 1.33. The van der Waals surface area contributed by atoms with Gasteiger partial charge in [-0.15, -0.1) is 0 Å². The third-order valence-electron chi connectivity index (χ3n) is 7.50. The SMILES string of the molecule is NC(=O)C1CCN(C(=O)c2ccc(Nc3ncc4c(n3)-c3ccc(Cl)cc3C(c3c(F)cccc3F)=NC4)c(N)c2Cl)C1. The van der Waals surface area contributed by atoms with Crippen molar-refractivity contribution in [3.8, 4) is 11.3 Å². The van der Waals surface area contributed by atoms with E-state index < -0.39 is 23.5 Å². The summed E-state index contributed by atoms with van der Waals surface area (Å²) in [6.45, 7) is 0.658. The standard InChI is InChI=1S/C30H23Cl2F2N7O2/c31-16-4-5-17-19(10-16)27(23-20(33)2-1-3-21(23)34)37-11-15-12-38-30(40-26(15)17)39-22-7-6-18(24(32)25(22)35)29(43)41-9-8-14(13-41)28(36)42/h1-7,10,12,14H,8-9,11,13,35H2,(H2,36,42)(H,38,39,40). The number of nitrogens with zero attached hydrogens (tertiary/aromatic N) is 4. The average Bonchev–Trinajstić information content (AvgIpc) is 3.43. The lowest BCUT2D eigenvalue weighted by atomic mass is 9.95. The molecule has 218 valence electrons. The molecule has 2 aliphatic heterocycles. The number of nitrogen functional groups attached to an aromatic ring is 1. The maximum Gasteiger partial charge on any atom is 0.255 e. The van der Waals surface area contributed by atoms with Crippen molar-refractivity contribution in [1.82, 2.24) is 14.9 Å². The van der Waals surface area contributed by atoms with Gasteiger partial charge in [-0.05, 0) is 42.8 Å². The first-order valence-corrected chi connectivity index (χ1v) is 14.0. The molecule has 6 rings (SSSR count). The minimum Gasteiger partial charge on any atom is -0.396 e. The number of nitrogens with one attached hydrogen (secondary N) is 1. The van der Waals surface area contributed by atoms with Crippen LogP contribution in [0.5, 0.6) is 0 Å². The number of aliphatic imine (C=N–C) groups is 1. The minimum absolute atomic E-state index is 0.0391. The zero-order valence-electron chi connectivity index (χ0n) is 22.4. The Hall–Kier alpha value is -4.61. The van der Waals surface area contributed by atoms with Gasteiger partial charge >= 0.3 is 0 Å². The number of amides is 2. The Morgan fingerprint density at radius 2 is 1.81 bits per heavy atom. The van der Waals surface area contributed by atoms with E-state index in [4.69, 9.17) is 34.7 Å². The molecule has 1 atom stereocenters. The third kappa shape index (κ3) is 5.26. The summed E-state index contributed by atoms with van der Waals surface area (Å²) in [4.78, 5) is 39.7. The summed E-state index contributed by atoms with van der Waals surface area (Å²) in [7, 11) is 0. The van der Waals surface area contributed by atoms with Crippen LogP contribution in [0.2, 0.25) is 10.0 Å². The monoisotopic (exact) mass is 621 g/mol. The molecule has 0 bridgehead atoms. The van der Waals surface area contributed by atoms with E-state index >= 15 is 0 Å². The van der Waals surface area contributed by atoms with Gasteiger partial charge in [-0.2, -0.15) is 0 Å². The van der Waals surface area contributed by atoms with E-state index in [2.05, 4.69) is 20.3 Å². The van der Waals surface area contributed by atoms with Crippen LogP contribution in [0.15, 0.2) is 59.7 Å². The van der Waals surface area contributed by atoms with E-state index in [-0.39, 0.29) is 52.5 Å². The zero-order chi connectivity index (χ0) is 30.4. The fourth-order valence-electron chi connectivity index (χ4n) is 5.26. The van der Waals surface area contributed by atoms with Crippen molar-refractivity contribution in [2.75, 3.05) is 24.1 Å². The molecule has 1 unspecified atom stereocenters. The van der Waals surface area contributed by atoms with E-state index in [1.54, 1.807) is 30.5 Å². The van der Waals surface area contributed by atoms with Gasteiger partial charge in [-0.25, -0.2) is 18.7 Å². The highest BCUT2D eigenvalue weighted by Crippen LogP contribution is 2.37. The number of rotatable bonds is 5. The predicted molar refractivity (Wildman–Crippen MR) is 161 cm³/mol. The van der Waals surface area contributed by atoms with Crippen LogP contribution in [0.4, 0.5) is 26.1 Å². The largest absolute Gasteiger partial charge is 0.396 e. The quantitative estimate of drug-likeness (QED) is 0.257. The van der Waals surface area contributed by atoms with Crippen LogP contribution in [0.3, 0.4) is 0 Å². The van der Waals surface area contributed by atoms with E-state index in [0.29, 0.717) is 46.1 Å². The Bertz CT molecular complexity index is 1830. The first-order chi connectivity index (χ1) is 20.6. The minimum atomic E-state index is -0.754. The normalized spacial score (nSPS) is 15.8. The van der Waals surface area contributed by atoms with Crippen molar-refractivity contribution in [2.24, 2.45) is 16.6 Å². The smallest absolute Gasteiger partial charge is 0.255 e. The Labute approximate surface area is 254 Å². The van der Waals surface area contributed by atoms with Crippen molar-refractivity contribution in [1.29, 1.82) is 0 Å². The molecule has 0 radical (unpaired) electrons. The van der Waals surface area contributed by atoms with Gasteiger partial charge in [0.1, 0.15) is 11.6 Å². The topological polar surface area (TPSA) is 140 Å². The summed E-state index contributed by atoms with van der Waals surface area (Å²) in [5.74, 6) is -2.56. The van der Waals surface area contributed by atoms with E-state index in [9.17, 15) is 18.4 Å². The lowest BCUT2D eigenvalue weighted by Gasteiger charge is -2.19. The molecule has 0 aliphatic carbocycles. The fourth-order valence-corrected chi connectivity index (χ4v) is 5.67. The lowest BCUT2D eigenvalue weighted by molar-refractivity contribution is -0.121. The molecule has 2 aliphatic rings. The van der Waals surface area contributed by atoms with Crippen LogP contribution in [-0.4, -0.2) is 45.5 Å². The average molecular weight is 622 g/mol. The van der Waals surface area contributed by atoms with Crippen LogP contribution in [0, 0.1) is 17.6 Å². The summed E-state index contributed by atoms with van der Waals surface area (Å²) in [6.07, 6.45) is 2.05. The number of halogens is 4. The van der Waals surface area contributed by atoms with Crippen LogP contribution >= 0.6 is 23.2 Å². The Morgan fingerprint density at radius 3 is 2.53 bits per heavy atom. The van der Waals surface area contributed by atoms with Crippen molar-refractivity contribution in [2.45, 2.75) is 13.0 Å². The highest BCUT2D eigenvalue weighted by Gasteiger charge is 2.32. The van der Waals surface area contributed by atoms with Gasteiger partial charge in [0, 0.05) is 41.0 Å². The van der Waals surface area contributed by atoms with Gasteiger partial charge in [0.15, 0.2) is 0 Å². The van der Waals surface area contributed by atoms with E-state index in [0.717, 1.165) is 0 Å². The number of anilines is 3. The number of primary amides is 1. The van der Waals surface area contributed by atoms with Crippen molar-refractivity contribution in [3.05, 3.63) is 98.7 Å². The Morgan fingerprint density at radius 1 is 1.05 bits per heavy atom. The second-order valence-electron chi connectivity index (χ2n) is 10.2. The number of hydrogen-bond donors (Lipinski definition) is 3. The molecule has 5 N–H and O–H groups in total. The van der Waals surface area contributed by atoms with E-state index in [1.807, 2.05) is 0 Å². The molecule has 13 heteroatoms. The lowest BCUT2D eigenvalue weighted by Crippen LogP contribution is -2.32. The first-order valence-electron chi connectivity index (χ1n) is 13.2. The molecule has 3 aromatic carbocycles. The molecule has 3 heterocycles. The highest BCUT2D eigenvalue weighted by atomic mass is 35.5. The molecule has 1 fully saturated rings. The molecule has 9 nitrogen and oxygen atoms in total. The van der Waals surface area contributed by atoms with Gasteiger partial charge in [-0.1, -0.05) is 35.3 Å². The number of benzene rings is 3. The van der Waals surface area contributed by atoms with Gasteiger partial charge in [-0.3, -0.25) is 14.6 Å². The molecule has 43 heavy (non-hydrogen) atoms. The van der Waals surface area contributed by atoms with Gasteiger partial charge in [0.25, 0.3) is 5.91 Å². The number of aromatic nitrogens is 2. The molecule has 0 spiro atoms. The van der Waals surface area contributed by atoms with Crippen molar-refractivity contribution < 1.29 is 18.4 Å². The molecule has 1 saturated heterocycles. The number of likely N-dealkylation sites (tertiary alicyclic amines) is 1. The second kappa shape index (κ2) is 11.2. The maximum absolute atomic E-state index is 14.8. The Kier molecular flexibility index (Phi) is 7.45. The summed E-state index contributed by atoms with van der Waals surface area (Å²) >= 11 is 12.8. The summed E-state index contributed by atoms with van der Waals surface area (Å²) in [5.41, 5.74) is 14.3. The molecule has 1 aromatic heterocycles. The van der Waals surface area contributed by atoms with Crippen LogP contribution in [0.25, 0.3) is 11.3 Å². The number of carbonyl (C=O) groups is 2. The maximum atomic E-state index is 14.8. The zero-order valence-corrected chi connectivity index (χ0v) is 23.9. The van der Waals surface area contributed by atoms with Crippen molar-refractivity contribution in [3.63, 3.8) is 0 Å².